The van der Waals surface area contributed by atoms with Crippen LogP contribution >= 0.6 is 0 Å². The summed E-state index contributed by atoms with van der Waals surface area (Å²) in [5.74, 6) is -1.33. The van der Waals surface area contributed by atoms with Gasteiger partial charge in [-0.3, -0.25) is 4.79 Å². The Morgan fingerprint density at radius 2 is 1.57 bits per heavy atom. The van der Waals surface area contributed by atoms with Gasteiger partial charge in [0.25, 0.3) is 0 Å². The lowest BCUT2D eigenvalue weighted by atomic mass is 9.57. The highest BCUT2D eigenvalue weighted by atomic mass is 16.6. The number of fused-ring (bicyclic) bond motifs is 2. The van der Waals surface area contributed by atoms with Crippen molar-refractivity contribution in [2.45, 2.75) is 44.2 Å². The molecule has 1 heterocycles. The first-order valence-corrected chi connectivity index (χ1v) is 13.0. The number of hydrogen-bond donors (Lipinski definition) is 0. The molecule has 7 heteroatoms. The standard InChI is InChI=1S/C33H29N3O4/c1-31(2,3)40-29(37)25-18-32(20-34,21-35)33(28(25)23-10-6-5-7-11-23)26-12-8-9-13-27(26)36(30(33)38)19-22-14-16-24(39-4)17-15-22/h5-18,28H,19H2,1-4H3/t28-,33+/m1/s1. The quantitative estimate of drug-likeness (QED) is 0.398. The molecule has 3 aromatic carbocycles. The summed E-state index contributed by atoms with van der Waals surface area (Å²) in [4.78, 5) is 30.2. The molecule has 0 N–H and O–H groups in total. The molecular formula is C33H29N3O4. The van der Waals surface area contributed by atoms with Gasteiger partial charge in [0.2, 0.25) is 5.91 Å². The van der Waals surface area contributed by atoms with E-state index in [1.165, 1.54) is 6.08 Å². The molecule has 0 unspecified atom stereocenters. The average Bonchev–Trinajstić information content (AvgIpc) is 3.40. The van der Waals surface area contributed by atoms with Crippen LogP contribution in [0.15, 0.2) is 90.5 Å². The average molecular weight is 532 g/mol. The van der Waals surface area contributed by atoms with Crippen molar-refractivity contribution in [3.8, 4) is 17.9 Å². The monoisotopic (exact) mass is 531 g/mol. The number of nitrogens with zero attached hydrogens (tertiary/aromatic N) is 3. The zero-order valence-electron chi connectivity index (χ0n) is 22.8. The Kier molecular flexibility index (Phi) is 6.48. The summed E-state index contributed by atoms with van der Waals surface area (Å²) in [6.07, 6.45) is 1.37. The number of benzene rings is 3. The molecule has 1 aliphatic carbocycles. The minimum atomic E-state index is -1.97. The molecule has 7 nitrogen and oxygen atoms in total. The van der Waals surface area contributed by atoms with Crippen molar-refractivity contribution in [3.05, 3.63) is 107 Å². The lowest BCUT2D eigenvalue weighted by molar-refractivity contribution is -0.150. The SMILES string of the molecule is COc1ccc(CN2C(=O)[C@]3(c4ccccc42)[C@H](c2ccccc2)C(C(=O)OC(C)(C)C)=CC3(C#N)C#N)cc1. The number of allylic oxidation sites excluding steroid dienone is 1. The van der Waals surface area contributed by atoms with Crippen molar-refractivity contribution in [2.24, 2.45) is 5.41 Å². The number of methoxy groups -OCH3 is 1. The zero-order valence-corrected chi connectivity index (χ0v) is 22.8. The molecule has 0 aromatic heterocycles. The second-order valence-electron chi connectivity index (χ2n) is 11.0. The topological polar surface area (TPSA) is 103 Å². The summed E-state index contributed by atoms with van der Waals surface area (Å²) in [7, 11) is 1.58. The summed E-state index contributed by atoms with van der Waals surface area (Å²) in [6, 6.07) is 28.0. The molecule has 1 amide bonds. The molecule has 5 rings (SSSR count). The fraction of sp³-hybridized carbons (Fsp3) is 0.273. The van der Waals surface area contributed by atoms with Crippen LogP contribution in [0.4, 0.5) is 5.69 Å². The van der Waals surface area contributed by atoms with E-state index in [0.717, 1.165) is 5.56 Å². The maximum absolute atomic E-state index is 14.9. The van der Waals surface area contributed by atoms with Gasteiger partial charge in [0, 0.05) is 17.2 Å². The number of carbonyl (C=O) groups is 2. The Morgan fingerprint density at radius 3 is 2.17 bits per heavy atom. The second-order valence-corrected chi connectivity index (χ2v) is 11.0. The zero-order chi connectivity index (χ0) is 28.7. The molecule has 0 saturated carbocycles. The Balaban J connectivity index is 1.76. The third-order valence-electron chi connectivity index (χ3n) is 7.56. The predicted molar refractivity (Wildman–Crippen MR) is 149 cm³/mol. The molecule has 1 aliphatic heterocycles. The molecule has 0 bridgehead atoms. The number of hydrogen-bond acceptors (Lipinski definition) is 6. The maximum Gasteiger partial charge on any atom is 0.334 e. The van der Waals surface area contributed by atoms with Crippen LogP contribution in [-0.2, 0) is 26.3 Å². The van der Waals surface area contributed by atoms with Crippen LogP contribution < -0.4 is 9.64 Å². The van der Waals surface area contributed by atoms with E-state index >= 15 is 0 Å². The van der Waals surface area contributed by atoms with Crippen molar-refractivity contribution in [3.63, 3.8) is 0 Å². The van der Waals surface area contributed by atoms with E-state index in [4.69, 9.17) is 9.47 Å². The molecule has 1 spiro atoms. The summed E-state index contributed by atoms with van der Waals surface area (Å²) in [6.45, 7) is 5.46. The Morgan fingerprint density at radius 1 is 0.950 bits per heavy atom. The fourth-order valence-corrected chi connectivity index (χ4v) is 5.96. The molecule has 2 aliphatic rings. The minimum absolute atomic E-state index is 0.124. The molecule has 0 radical (unpaired) electrons. The molecule has 2 atom stereocenters. The van der Waals surface area contributed by atoms with Crippen LogP contribution in [0, 0.1) is 28.1 Å². The van der Waals surface area contributed by atoms with Gasteiger partial charge in [-0.1, -0.05) is 60.7 Å². The summed E-state index contributed by atoms with van der Waals surface area (Å²) >= 11 is 0. The van der Waals surface area contributed by atoms with E-state index in [2.05, 4.69) is 12.1 Å². The lowest BCUT2D eigenvalue weighted by Gasteiger charge is -2.38. The Hall–Kier alpha value is -4.88. The van der Waals surface area contributed by atoms with Gasteiger partial charge in [0.05, 0.1) is 25.8 Å². The lowest BCUT2D eigenvalue weighted by Crippen LogP contribution is -2.52. The van der Waals surface area contributed by atoms with Crippen molar-refractivity contribution in [1.82, 2.24) is 0 Å². The van der Waals surface area contributed by atoms with Crippen molar-refractivity contribution >= 4 is 17.6 Å². The molecule has 0 saturated heterocycles. The van der Waals surface area contributed by atoms with E-state index in [1.807, 2.05) is 66.7 Å². The first kappa shape index (κ1) is 26.7. The largest absolute Gasteiger partial charge is 0.497 e. The number of carbonyl (C=O) groups excluding carboxylic acids is 2. The van der Waals surface area contributed by atoms with Gasteiger partial charge in [-0.2, -0.15) is 10.5 Å². The summed E-state index contributed by atoms with van der Waals surface area (Å²) < 4.78 is 11.0. The Labute approximate surface area is 233 Å². The first-order valence-electron chi connectivity index (χ1n) is 13.0. The van der Waals surface area contributed by atoms with E-state index in [-0.39, 0.29) is 12.1 Å². The molecule has 0 fully saturated rings. The van der Waals surface area contributed by atoms with Gasteiger partial charge in [-0.15, -0.1) is 0 Å². The number of amides is 1. The van der Waals surface area contributed by atoms with Crippen LogP contribution in [0.5, 0.6) is 5.75 Å². The third kappa shape index (κ3) is 3.94. The van der Waals surface area contributed by atoms with E-state index in [9.17, 15) is 20.1 Å². The van der Waals surface area contributed by atoms with Crippen molar-refractivity contribution in [1.29, 1.82) is 10.5 Å². The molecular weight excluding hydrogens is 502 g/mol. The van der Waals surface area contributed by atoms with Crippen molar-refractivity contribution < 1.29 is 19.1 Å². The van der Waals surface area contributed by atoms with E-state index < -0.39 is 34.2 Å². The summed E-state index contributed by atoms with van der Waals surface area (Å²) in [5, 5.41) is 21.3. The van der Waals surface area contributed by atoms with Crippen LogP contribution in [-0.4, -0.2) is 24.6 Å². The van der Waals surface area contributed by atoms with Crippen LogP contribution in [0.1, 0.15) is 43.4 Å². The van der Waals surface area contributed by atoms with E-state index in [0.29, 0.717) is 22.6 Å². The maximum atomic E-state index is 14.9. The van der Waals surface area contributed by atoms with Gasteiger partial charge in [-0.25, -0.2) is 4.79 Å². The highest BCUT2D eigenvalue weighted by molar-refractivity contribution is 6.13. The van der Waals surface area contributed by atoms with Crippen LogP contribution in [0.3, 0.4) is 0 Å². The van der Waals surface area contributed by atoms with Gasteiger partial charge < -0.3 is 14.4 Å². The van der Waals surface area contributed by atoms with Crippen molar-refractivity contribution in [2.75, 3.05) is 12.0 Å². The highest BCUT2D eigenvalue weighted by Gasteiger charge is 2.72. The van der Waals surface area contributed by atoms with Gasteiger partial charge in [0.15, 0.2) is 5.41 Å². The smallest absolute Gasteiger partial charge is 0.334 e. The minimum Gasteiger partial charge on any atom is -0.497 e. The van der Waals surface area contributed by atoms with E-state index in [1.54, 1.807) is 44.9 Å². The van der Waals surface area contributed by atoms with Crippen LogP contribution in [0.2, 0.25) is 0 Å². The third-order valence-corrected chi connectivity index (χ3v) is 7.56. The van der Waals surface area contributed by atoms with Gasteiger partial charge in [-0.05, 0) is 61.7 Å². The molecule has 200 valence electrons. The summed E-state index contributed by atoms with van der Waals surface area (Å²) in [5.41, 5.74) is -1.78. The Bertz CT molecular complexity index is 1580. The fourth-order valence-electron chi connectivity index (χ4n) is 5.96. The second kappa shape index (κ2) is 9.70. The first-order chi connectivity index (χ1) is 19.1. The number of para-hydroxylation sites is 1. The van der Waals surface area contributed by atoms with Gasteiger partial charge >= 0.3 is 5.97 Å². The molecule has 3 aromatic rings. The van der Waals surface area contributed by atoms with Gasteiger partial charge in [0.1, 0.15) is 16.8 Å². The number of ether oxygens (including phenoxy) is 2. The highest BCUT2D eigenvalue weighted by Crippen LogP contribution is 2.65. The number of rotatable bonds is 5. The number of anilines is 1. The molecule has 40 heavy (non-hydrogen) atoms. The number of esters is 1. The number of nitriles is 2. The normalized spacial score (nSPS) is 20.9. The predicted octanol–water partition coefficient (Wildman–Crippen LogP) is 5.58. The van der Waals surface area contributed by atoms with Crippen LogP contribution in [0.25, 0.3) is 0 Å².